The van der Waals surface area contributed by atoms with E-state index in [2.05, 4.69) is 56.9 Å². The topological polar surface area (TPSA) is 9.23 Å². The molecule has 0 saturated carbocycles. The van der Waals surface area contributed by atoms with Gasteiger partial charge >= 0.3 is 0 Å². The average Bonchev–Trinajstić information content (AvgIpc) is 2.67. The van der Waals surface area contributed by atoms with Crippen molar-refractivity contribution in [3.63, 3.8) is 0 Å². The highest BCUT2D eigenvalue weighted by Gasteiger charge is 2.01. The summed E-state index contributed by atoms with van der Waals surface area (Å²) >= 11 is 0. The van der Waals surface area contributed by atoms with Gasteiger partial charge < -0.3 is 4.74 Å². The van der Waals surface area contributed by atoms with Gasteiger partial charge in [0.05, 0.1) is 6.61 Å². The van der Waals surface area contributed by atoms with Crippen LogP contribution in [-0.4, -0.2) is 6.61 Å². The van der Waals surface area contributed by atoms with Crippen molar-refractivity contribution in [3.8, 4) is 17.6 Å². The second-order valence-corrected chi connectivity index (χ2v) is 7.13. The summed E-state index contributed by atoms with van der Waals surface area (Å²) in [6, 6.07) is 16.8. The molecule has 0 N–H and O–H groups in total. The van der Waals surface area contributed by atoms with Crippen LogP contribution in [0.2, 0.25) is 0 Å². The molecule has 0 amide bonds. The highest BCUT2D eigenvalue weighted by Crippen LogP contribution is 2.14. The summed E-state index contributed by atoms with van der Waals surface area (Å²) in [4.78, 5) is 0. The fourth-order valence-corrected chi connectivity index (χ4v) is 2.93. The van der Waals surface area contributed by atoms with E-state index in [4.69, 9.17) is 4.74 Å². The Morgan fingerprint density at radius 1 is 0.808 bits per heavy atom. The summed E-state index contributed by atoms with van der Waals surface area (Å²) in [5, 5.41) is 0. The predicted octanol–water partition coefficient (Wildman–Crippen LogP) is 6.63. The molecule has 0 aliphatic carbocycles. The van der Waals surface area contributed by atoms with Crippen molar-refractivity contribution < 1.29 is 4.74 Å². The van der Waals surface area contributed by atoms with E-state index in [1.54, 1.807) is 0 Å². The third-order valence-electron chi connectivity index (χ3n) is 4.54. The monoisotopic (exact) mass is 348 g/mol. The molecular weight excluding hydrogens is 316 g/mol. The van der Waals surface area contributed by atoms with Gasteiger partial charge in [-0.05, 0) is 67.1 Å². The van der Waals surface area contributed by atoms with Gasteiger partial charge in [-0.25, -0.2) is 0 Å². The minimum absolute atomic E-state index is 0.601. The lowest BCUT2D eigenvalue weighted by molar-refractivity contribution is 0.251. The Balaban J connectivity index is 1.87. The van der Waals surface area contributed by atoms with Gasteiger partial charge in [0.1, 0.15) is 5.75 Å². The van der Waals surface area contributed by atoms with E-state index in [1.807, 2.05) is 24.3 Å². The number of hydrogen-bond acceptors (Lipinski definition) is 1. The summed E-state index contributed by atoms with van der Waals surface area (Å²) in [6.45, 7) is 7.47. The fraction of sp³-hybridized carbons (Fsp3) is 0.440. The normalized spacial score (nSPS) is 11.5. The zero-order valence-electron chi connectivity index (χ0n) is 16.6. The van der Waals surface area contributed by atoms with Crippen LogP contribution in [0, 0.1) is 17.8 Å². The first-order valence-corrected chi connectivity index (χ1v) is 10.0. The molecule has 0 aromatic heterocycles. The minimum atomic E-state index is 0.601. The van der Waals surface area contributed by atoms with Crippen LogP contribution < -0.4 is 4.74 Å². The fourth-order valence-electron chi connectivity index (χ4n) is 2.93. The molecule has 138 valence electrons. The van der Waals surface area contributed by atoms with Crippen LogP contribution in [0.3, 0.4) is 0 Å². The van der Waals surface area contributed by atoms with E-state index in [-0.39, 0.29) is 0 Å². The molecule has 1 unspecified atom stereocenters. The van der Waals surface area contributed by atoms with Gasteiger partial charge in [-0.2, -0.15) is 0 Å². The van der Waals surface area contributed by atoms with Gasteiger partial charge in [-0.3, -0.25) is 0 Å². The Morgan fingerprint density at radius 2 is 1.42 bits per heavy atom. The maximum absolute atomic E-state index is 5.84. The molecular formula is C25H32O. The maximum atomic E-state index is 5.84. The highest BCUT2D eigenvalue weighted by atomic mass is 16.5. The van der Waals surface area contributed by atoms with Gasteiger partial charge in [-0.1, -0.05) is 64.0 Å². The lowest BCUT2D eigenvalue weighted by Gasteiger charge is -2.11. The van der Waals surface area contributed by atoms with Gasteiger partial charge in [0.15, 0.2) is 0 Å². The molecule has 26 heavy (non-hydrogen) atoms. The van der Waals surface area contributed by atoms with Crippen molar-refractivity contribution in [2.45, 2.75) is 59.3 Å². The quantitative estimate of drug-likeness (QED) is 0.365. The van der Waals surface area contributed by atoms with Crippen molar-refractivity contribution >= 4 is 0 Å². The van der Waals surface area contributed by atoms with Gasteiger partial charge in [-0.15, -0.1) is 0 Å². The van der Waals surface area contributed by atoms with Crippen LogP contribution in [0.25, 0.3) is 0 Å². The van der Waals surface area contributed by atoms with Crippen LogP contribution in [0.1, 0.15) is 69.6 Å². The average molecular weight is 349 g/mol. The lowest BCUT2D eigenvalue weighted by atomic mass is 10.1. The SMILES string of the molecule is CCCCCc1ccc(C#Cc2ccc(OCC(C)CCC)cc2)cc1. The van der Waals surface area contributed by atoms with Crippen LogP contribution in [0.15, 0.2) is 48.5 Å². The molecule has 0 spiro atoms. The molecule has 0 aliphatic heterocycles. The zero-order valence-corrected chi connectivity index (χ0v) is 16.6. The Morgan fingerprint density at radius 3 is 2.00 bits per heavy atom. The molecule has 2 aromatic carbocycles. The molecule has 0 saturated heterocycles. The van der Waals surface area contributed by atoms with Gasteiger partial charge in [0, 0.05) is 11.1 Å². The van der Waals surface area contributed by atoms with E-state index in [1.165, 1.54) is 44.1 Å². The Bertz CT molecular complexity index is 686. The standard InChI is InChI=1S/C25H32O/c1-4-6-7-9-22-10-12-23(13-11-22)14-15-24-16-18-25(19-17-24)26-20-21(3)8-5-2/h10-13,16-19,21H,4-9,20H2,1-3H3. The minimum Gasteiger partial charge on any atom is -0.493 e. The molecule has 0 radical (unpaired) electrons. The van der Waals surface area contributed by atoms with Crippen LogP contribution >= 0.6 is 0 Å². The number of hydrogen-bond donors (Lipinski definition) is 0. The van der Waals surface area contributed by atoms with Crippen molar-refractivity contribution in [1.82, 2.24) is 0 Å². The first kappa shape index (κ1) is 20.1. The molecule has 0 aliphatic rings. The number of rotatable bonds is 9. The number of ether oxygens (including phenoxy) is 1. The van der Waals surface area contributed by atoms with Crippen LogP contribution in [-0.2, 0) is 6.42 Å². The lowest BCUT2D eigenvalue weighted by Crippen LogP contribution is -2.07. The summed E-state index contributed by atoms with van der Waals surface area (Å²) in [5.41, 5.74) is 3.49. The molecule has 2 rings (SSSR count). The van der Waals surface area contributed by atoms with E-state index < -0.39 is 0 Å². The molecule has 0 bridgehead atoms. The molecule has 1 nitrogen and oxygen atoms in total. The second-order valence-electron chi connectivity index (χ2n) is 7.13. The third-order valence-corrected chi connectivity index (χ3v) is 4.54. The Kier molecular flexibility index (Phi) is 8.84. The summed E-state index contributed by atoms with van der Waals surface area (Å²) in [5.74, 6) is 8.02. The van der Waals surface area contributed by atoms with Gasteiger partial charge in [0.2, 0.25) is 0 Å². The highest BCUT2D eigenvalue weighted by molar-refractivity contribution is 5.44. The predicted molar refractivity (Wildman–Crippen MR) is 112 cm³/mol. The van der Waals surface area contributed by atoms with E-state index in [0.29, 0.717) is 5.92 Å². The number of aryl methyl sites for hydroxylation is 1. The largest absolute Gasteiger partial charge is 0.493 e. The Hall–Kier alpha value is -2.20. The first-order chi connectivity index (χ1) is 12.7. The van der Waals surface area contributed by atoms with Crippen molar-refractivity contribution in [2.24, 2.45) is 5.92 Å². The number of unbranched alkanes of at least 4 members (excludes halogenated alkanes) is 2. The van der Waals surface area contributed by atoms with E-state index in [9.17, 15) is 0 Å². The van der Waals surface area contributed by atoms with E-state index >= 15 is 0 Å². The first-order valence-electron chi connectivity index (χ1n) is 10.0. The molecule has 0 heterocycles. The van der Waals surface area contributed by atoms with Crippen molar-refractivity contribution in [1.29, 1.82) is 0 Å². The van der Waals surface area contributed by atoms with Crippen molar-refractivity contribution in [2.75, 3.05) is 6.61 Å². The smallest absolute Gasteiger partial charge is 0.119 e. The van der Waals surface area contributed by atoms with Gasteiger partial charge in [0.25, 0.3) is 0 Å². The molecule has 1 atom stereocenters. The maximum Gasteiger partial charge on any atom is 0.119 e. The summed E-state index contributed by atoms with van der Waals surface area (Å²) in [7, 11) is 0. The molecule has 1 heteroatoms. The second kappa shape index (κ2) is 11.4. The molecule has 2 aromatic rings. The van der Waals surface area contributed by atoms with E-state index in [0.717, 1.165) is 23.5 Å². The Labute approximate surface area is 159 Å². The van der Waals surface area contributed by atoms with Crippen LogP contribution in [0.4, 0.5) is 0 Å². The summed E-state index contributed by atoms with van der Waals surface area (Å²) in [6.07, 6.45) is 7.43. The van der Waals surface area contributed by atoms with Crippen LogP contribution in [0.5, 0.6) is 5.75 Å². The van der Waals surface area contributed by atoms with Crippen molar-refractivity contribution in [3.05, 3.63) is 65.2 Å². The molecule has 0 fully saturated rings. The zero-order chi connectivity index (χ0) is 18.6. The summed E-state index contributed by atoms with van der Waals surface area (Å²) < 4.78 is 5.84. The number of benzene rings is 2. The third kappa shape index (κ3) is 7.36.